The van der Waals surface area contributed by atoms with Gasteiger partial charge < -0.3 is 19.5 Å². The summed E-state index contributed by atoms with van der Waals surface area (Å²) in [4.78, 5) is 27.3. The fourth-order valence-electron chi connectivity index (χ4n) is 6.53. The van der Waals surface area contributed by atoms with Crippen molar-refractivity contribution in [2.24, 2.45) is 17.8 Å². The molecule has 1 amide bonds. The summed E-state index contributed by atoms with van der Waals surface area (Å²) in [5.74, 6) is 3.82. The van der Waals surface area contributed by atoms with Crippen LogP contribution in [0.4, 0.5) is 5.69 Å². The summed E-state index contributed by atoms with van der Waals surface area (Å²) in [6, 6.07) is 13.3. The molecule has 7 nitrogen and oxygen atoms in total. The Hall–Kier alpha value is -2.91. The number of ether oxygens (including phenoxy) is 3. The van der Waals surface area contributed by atoms with Crippen molar-refractivity contribution in [3.05, 3.63) is 62.6 Å². The number of amides is 1. The van der Waals surface area contributed by atoms with Crippen LogP contribution >= 0.6 is 23.1 Å². The number of nitrogens with zero attached hydrogens (tertiary/aromatic N) is 1. The molecular weight excluding hydrogens is 508 g/mol. The van der Waals surface area contributed by atoms with Crippen molar-refractivity contribution in [2.45, 2.75) is 42.0 Å². The number of hydrogen-bond donors (Lipinski definition) is 1. The number of benzene rings is 2. The van der Waals surface area contributed by atoms with Gasteiger partial charge in [0, 0.05) is 21.7 Å². The predicted octanol–water partition coefficient (Wildman–Crippen LogP) is 5.23. The first-order chi connectivity index (χ1) is 18.0. The molecule has 37 heavy (non-hydrogen) atoms. The molecule has 1 aliphatic heterocycles. The normalized spacial score (nSPS) is 25.3. The van der Waals surface area contributed by atoms with Crippen molar-refractivity contribution < 1.29 is 19.0 Å². The number of anilines is 1. The van der Waals surface area contributed by atoms with E-state index in [4.69, 9.17) is 14.2 Å². The van der Waals surface area contributed by atoms with Crippen molar-refractivity contribution >= 4 is 34.7 Å². The Morgan fingerprint density at radius 1 is 1.00 bits per heavy atom. The zero-order valence-corrected chi connectivity index (χ0v) is 22.7. The maximum absolute atomic E-state index is 13.3. The Bertz CT molecular complexity index is 1380. The lowest BCUT2D eigenvalue weighted by Gasteiger charge is -2.40. The summed E-state index contributed by atoms with van der Waals surface area (Å²) in [6.45, 7) is -0.00612. The highest BCUT2D eigenvalue weighted by Crippen LogP contribution is 2.64. The molecule has 0 spiro atoms. The van der Waals surface area contributed by atoms with E-state index in [9.17, 15) is 9.59 Å². The van der Waals surface area contributed by atoms with Crippen LogP contribution in [-0.4, -0.2) is 37.1 Å². The van der Waals surface area contributed by atoms with Gasteiger partial charge in [0.05, 0.1) is 26.4 Å². The minimum Gasteiger partial charge on any atom is -0.497 e. The highest BCUT2D eigenvalue weighted by molar-refractivity contribution is 8.00. The van der Waals surface area contributed by atoms with Gasteiger partial charge >= 0.3 is 4.87 Å². The van der Waals surface area contributed by atoms with Crippen molar-refractivity contribution in [3.8, 4) is 17.2 Å². The standard InChI is InChI=1S/C28H30N2O5S2/c1-33-19-9-7-18(8-10-19)29-22(31)14-30-27-26(37-28(30)32)24(16-6-11-20(34-2)21(13-16)35-3)23-15-4-5-17(12-15)25(23)36-27/h6-11,13,15,17,23-25H,4-5,12,14H2,1-3H3,(H,29,31). The number of rotatable bonds is 7. The van der Waals surface area contributed by atoms with Crippen LogP contribution in [0.15, 0.2) is 52.3 Å². The van der Waals surface area contributed by atoms with Crippen LogP contribution in [0.2, 0.25) is 0 Å². The third-order valence-electron chi connectivity index (χ3n) is 8.13. The Labute approximate surface area is 224 Å². The molecule has 1 N–H and O–H groups in total. The fraction of sp³-hybridized carbons (Fsp3) is 0.429. The van der Waals surface area contributed by atoms with Gasteiger partial charge in [-0.1, -0.05) is 17.4 Å². The SMILES string of the molecule is COc1ccc(NC(=O)Cn2c3c(sc2=O)C(c2ccc(OC)c(OC)c2)C2C4CCC(C4)C2S3)cc1. The molecule has 194 valence electrons. The van der Waals surface area contributed by atoms with Gasteiger partial charge in [0.15, 0.2) is 11.5 Å². The van der Waals surface area contributed by atoms with Gasteiger partial charge in [-0.05, 0) is 79.0 Å². The molecule has 5 unspecified atom stereocenters. The maximum atomic E-state index is 13.3. The number of nitrogens with one attached hydrogen (secondary N) is 1. The van der Waals surface area contributed by atoms with Gasteiger partial charge in [-0.2, -0.15) is 0 Å². The summed E-state index contributed by atoms with van der Waals surface area (Å²) in [6.07, 6.45) is 3.76. The summed E-state index contributed by atoms with van der Waals surface area (Å²) in [5.41, 5.74) is 1.82. The topological polar surface area (TPSA) is 78.8 Å². The highest BCUT2D eigenvalue weighted by atomic mass is 32.2. The van der Waals surface area contributed by atoms with Crippen LogP contribution in [-0.2, 0) is 11.3 Å². The maximum Gasteiger partial charge on any atom is 0.308 e. The summed E-state index contributed by atoms with van der Waals surface area (Å²) in [7, 11) is 4.90. The van der Waals surface area contributed by atoms with Gasteiger partial charge in [-0.25, -0.2) is 0 Å². The van der Waals surface area contributed by atoms with Crippen LogP contribution in [0.25, 0.3) is 0 Å². The minimum absolute atomic E-state index is 0.00612. The molecule has 1 aromatic heterocycles. The predicted molar refractivity (Wildman–Crippen MR) is 146 cm³/mol. The van der Waals surface area contributed by atoms with E-state index in [1.54, 1.807) is 50.2 Å². The molecule has 6 rings (SSSR count). The molecule has 5 atom stereocenters. The van der Waals surface area contributed by atoms with Crippen molar-refractivity contribution in [1.29, 1.82) is 0 Å². The second-order valence-electron chi connectivity index (χ2n) is 9.99. The molecule has 0 saturated heterocycles. The molecule has 9 heteroatoms. The smallest absolute Gasteiger partial charge is 0.308 e. The summed E-state index contributed by atoms with van der Waals surface area (Å²) < 4.78 is 18.0. The van der Waals surface area contributed by atoms with E-state index in [0.29, 0.717) is 40.2 Å². The lowest BCUT2D eigenvalue weighted by molar-refractivity contribution is -0.116. The van der Waals surface area contributed by atoms with Crippen molar-refractivity contribution in [2.75, 3.05) is 26.6 Å². The van der Waals surface area contributed by atoms with Crippen LogP contribution < -0.4 is 24.4 Å². The summed E-state index contributed by atoms with van der Waals surface area (Å²) in [5, 5.41) is 4.33. The second kappa shape index (κ2) is 9.76. The number of thiazole rings is 1. The van der Waals surface area contributed by atoms with E-state index in [1.807, 2.05) is 17.8 Å². The van der Waals surface area contributed by atoms with Crippen LogP contribution in [0.3, 0.4) is 0 Å². The van der Waals surface area contributed by atoms with E-state index >= 15 is 0 Å². The highest BCUT2D eigenvalue weighted by Gasteiger charge is 2.55. The van der Waals surface area contributed by atoms with E-state index in [-0.39, 0.29) is 23.2 Å². The number of methoxy groups -OCH3 is 3. The fourth-order valence-corrected chi connectivity index (χ4v) is 9.68. The van der Waals surface area contributed by atoms with E-state index in [0.717, 1.165) is 21.2 Å². The van der Waals surface area contributed by atoms with E-state index in [2.05, 4.69) is 17.4 Å². The molecule has 3 aromatic rings. The number of thioether (sulfide) groups is 1. The monoisotopic (exact) mass is 538 g/mol. The molecule has 2 bridgehead atoms. The molecule has 2 aliphatic carbocycles. The van der Waals surface area contributed by atoms with E-state index in [1.165, 1.54) is 30.6 Å². The van der Waals surface area contributed by atoms with Gasteiger partial charge in [0.1, 0.15) is 12.3 Å². The number of carbonyl (C=O) groups excluding carboxylic acids is 1. The minimum atomic E-state index is -0.216. The average Bonchev–Trinajstić information content (AvgIpc) is 3.62. The van der Waals surface area contributed by atoms with Crippen molar-refractivity contribution in [1.82, 2.24) is 4.57 Å². The molecule has 2 aromatic carbocycles. The molecule has 2 saturated carbocycles. The molecule has 2 fully saturated rings. The number of aromatic nitrogens is 1. The second-order valence-corrected chi connectivity index (χ2v) is 12.1. The Kier molecular flexibility index (Phi) is 6.44. The van der Waals surface area contributed by atoms with Gasteiger partial charge in [0.2, 0.25) is 5.91 Å². The van der Waals surface area contributed by atoms with Crippen LogP contribution in [0.5, 0.6) is 17.2 Å². The zero-order valence-electron chi connectivity index (χ0n) is 21.1. The third-order valence-corrected chi connectivity index (χ3v) is 11.0. The van der Waals surface area contributed by atoms with Gasteiger partial charge in [-0.3, -0.25) is 14.2 Å². The quantitative estimate of drug-likeness (QED) is 0.444. The number of hydrogen-bond acceptors (Lipinski definition) is 7. The first kappa shape index (κ1) is 24.4. The van der Waals surface area contributed by atoms with Crippen LogP contribution in [0.1, 0.15) is 35.6 Å². The molecular formula is C28H30N2O5S2. The molecule has 3 aliphatic rings. The van der Waals surface area contributed by atoms with Gasteiger partial charge in [-0.15, -0.1) is 11.8 Å². The lowest BCUT2D eigenvalue weighted by atomic mass is 9.75. The third kappa shape index (κ3) is 4.22. The first-order valence-electron chi connectivity index (χ1n) is 12.6. The largest absolute Gasteiger partial charge is 0.497 e. The molecule has 0 radical (unpaired) electrons. The Morgan fingerprint density at radius 2 is 1.76 bits per heavy atom. The number of carbonyl (C=O) groups is 1. The summed E-state index contributed by atoms with van der Waals surface area (Å²) >= 11 is 3.12. The zero-order chi connectivity index (χ0) is 25.7. The Balaban J connectivity index is 1.35. The Morgan fingerprint density at radius 3 is 2.49 bits per heavy atom. The first-order valence-corrected chi connectivity index (χ1v) is 14.3. The number of fused-ring (bicyclic) bond motifs is 6. The van der Waals surface area contributed by atoms with Crippen LogP contribution in [0, 0.1) is 17.8 Å². The van der Waals surface area contributed by atoms with E-state index < -0.39 is 0 Å². The van der Waals surface area contributed by atoms with Crippen molar-refractivity contribution in [3.63, 3.8) is 0 Å². The van der Waals surface area contributed by atoms with Gasteiger partial charge in [0.25, 0.3) is 0 Å². The average molecular weight is 539 g/mol. The molecule has 2 heterocycles. The lowest BCUT2D eigenvalue weighted by Crippen LogP contribution is -2.34.